The van der Waals surface area contributed by atoms with E-state index in [1.807, 2.05) is 6.07 Å². The molecule has 3 nitrogen and oxygen atoms in total. The summed E-state index contributed by atoms with van der Waals surface area (Å²) in [6, 6.07) is 16.8. The molecule has 1 aliphatic carbocycles. The second-order valence-electron chi connectivity index (χ2n) is 5.60. The fourth-order valence-corrected chi connectivity index (χ4v) is 4.13. The van der Waals surface area contributed by atoms with E-state index in [9.17, 15) is 14.7 Å². The molecule has 0 radical (unpaired) electrons. The molecule has 1 aliphatic rings. The minimum atomic E-state index is -0.233. The van der Waals surface area contributed by atoms with Crippen LogP contribution in [-0.2, 0) is 0 Å². The van der Waals surface area contributed by atoms with Gasteiger partial charge in [-0.15, -0.1) is 0 Å². The van der Waals surface area contributed by atoms with Gasteiger partial charge in [-0.05, 0) is 36.4 Å². The first-order valence-electron chi connectivity index (χ1n) is 7.54. The van der Waals surface area contributed by atoms with Crippen molar-refractivity contribution in [1.29, 1.82) is 0 Å². The van der Waals surface area contributed by atoms with Crippen molar-refractivity contribution in [2.45, 2.75) is 9.79 Å². The molecule has 0 atom stereocenters. The number of phenolic OH excluding ortho intramolecular Hbond substituents is 1. The highest BCUT2D eigenvalue weighted by atomic mass is 35.5. The monoisotopic (exact) mass is 366 g/mol. The van der Waals surface area contributed by atoms with Crippen LogP contribution in [0.3, 0.4) is 0 Å². The van der Waals surface area contributed by atoms with Gasteiger partial charge in [0.15, 0.2) is 11.6 Å². The molecule has 0 saturated heterocycles. The molecule has 3 aromatic rings. The van der Waals surface area contributed by atoms with Crippen molar-refractivity contribution in [3.63, 3.8) is 0 Å². The quantitative estimate of drug-likeness (QED) is 0.544. The van der Waals surface area contributed by atoms with Crippen molar-refractivity contribution in [2.24, 2.45) is 0 Å². The first kappa shape index (κ1) is 15.9. The van der Waals surface area contributed by atoms with E-state index in [-0.39, 0.29) is 27.9 Å². The van der Waals surface area contributed by atoms with Crippen molar-refractivity contribution < 1.29 is 14.7 Å². The van der Waals surface area contributed by atoms with Crippen LogP contribution >= 0.6 is 23.4 Å². The van der Waals surface area contributed by atoms with Crippen LogP contribution in [0, 0.1) is 0 Å². The highest BCUT2D eigenvalue weighted by molar-refractivity contribution is 7.99. The molecule has 5 heteroatoms. The number of hydrogen-bond acceptors (Lipinski definition) is 4. The summed E-state index contributed by atoms with van der Waals surface area (Å²) in [6.45, 7) is 0. The summed E-state index contributed by atoms with van der Waals surface area (Å²) in [5, 5.41) is 9.70. The zero-order chi connectivity index (χ0) is 17.6. The van der Waals surface area contributed by atoms with Crippen LogP contribution in [0.2, 0.25) is 5.02 Å². The van der Waals surface area contributed by atoms with E-state index in [0.717, 1.165) is 4.90 Å². The fraction of sp³-hybridized carbons (Fsp3) is 0. The van der Waals surface area contributed by atoms with Gasteiger partial charge in [0, 0.05) is 26.5 Å². The first-order valence-corrected chi connectivity index (χ1v) is 8.73. The number of ketones is 2. The molecule has 25 heavy (non-hydrogen) atoms. The van der Waals surface area contributed by atoms with E-state index in [0.29, 0.717) is 21.6 Å². The maximum Gasteiger partial charge on any atom is 0.196 e. The van der Waals surface area contributed by atoms with Crippen LogP contribution in [0.4, 0.5) is 0 Å². The Labute approximate surface area is 153 Å². The third-order valence-electron chi connectivity index (χ3n) is 4.05. The van der Waals surface area contributed by atoms with Gasteiger partial charge in [0.2, 0.25) is 0 Å². The third-order valence-corrected chi connectivity index (χ3v) is 5.43. The van der Waals surface area contributed by atoms with E-state index >= 15 is 0 Å². The standard InChI is InChI=1S/C20H11ClO3S/c21-15-5-1-3-13-17(15)19(23)14-4-2-6-16(18(14)20(13)24)25-12-9-7-11(22)8-10-12/h1-10,22H. The summed E-state index contributed by atoms with van der Waals surface area (Å²) in [6.07, 6.45) is 0. The number of carbonyl (C=O) groups excluding carboxylic acids is 2. The van der Waals surface area contributed by atoms with Gasteiger partial charge in [0.1, 0.15) is 5.75 Å². The molecule has 0 fully saturated rings. The predicted octanol–water partition coefficient (Wildman–Crippen LogP) is 4.97. The van der Waals surface area contributed by atoms with Gasteiger partial charge in [0.25, 0.3) is 0 Å². The van der Waals surface area contributed by atoms with E-state index in [2.05, 4.69) is 0 Å². The summed E-state index contributed by atoms with van der Waals surface area (Å²) >= 11 is 7.53. The fourth-order valence-electron chi connectivity index (χ4n) is 2.89. The van der Waals surface area contributed by atoms with Crippen LogP contribution in [0.1, 0.15) is 31.8 Å². The largest absolute Gasteiger partial charge is 0.508 e. The number of benzene rings is 3. The van der Waals surface area contributed by atoms with E-state index in [4.69, 9.17) is 11.6 Å². The summed E-state index contributed by atoms with van der Waals surface area (Å²) in [5.74, 6) is -0.258. The number of rotatable bonds is 2. The lowest BCUT2D eigenvalue weighted by molar-refractivity contribution is 0.0977. The number of aromatic hydroxyl groups is 1. The van der Waals surface area contributed by atoms with Gasteiger partial charge in [-0.2, -0.15) is 0 Å². The van der Waals surface area contributed by atoms with Crippen molar-refractivity contribution in [1.82, 2.24) is 0 Å². The Morgan fingerprint density at radius 2 is 1.36 bits per heavy atom. The van der Waals surface area contributed by atoms with Gasteiger partial charge >= 0.3 is 0 Å². The zero-order valence-electron chi connectivity index (χ0n) is 12.8. The molecule has 1 N–H and O–H groups in total. The lowest BCUT2D eigenvalue weighted by atomic mass is 9.84. The number of phenols is 1. The average Bonchev–Trinajstić information content (AvgIpc) is 2.61. The predicted molar refractivity (Wildman–Crippen MR) is 97.0 cm³/mol. The summed E-state index contributed by atoms with van der Waals surface area (Å²) in [4.78, 5) is 27.4. The molecular formula is C20H11ClO3S. The Bertz CT molecular complexity index is 1030. The van der Waals surface area contributed by atoms with Gasteiger partial charge in [-0.25, -0.2) is 0 Å². The van der Waals surface area contributed by atoms with Gasteiger partial charge < -0.3 is 5.11 Å². The molecule has 3 aromatic carbocycles. The average molecular weight is 367 g/mol. The lowest BCUT2D eigenvalue weighted by Crippen LogP contribution is -2.22. The second-order valence-corrected chi connectivity index (χ2v) is 7.12. The van der Waals surface area contributed by atoms with Gasteiger partial charge in [-0.3, -0.25) is 9.59 Å². The molecule has 4 rings (SSSR count). The Kier molecular flexibility index (Phi) is 3.86. The Balaban J connectivity index is 1.85. The molecule has 122 valence electrons. The zero-order valence-corrected chi connectivity index (χ0v) is 14.4. The van der Waals surface area contributed by atoms with E-state index in [1.54, 1.807) is 54.6 Å². The lowest BCUT2D eigenvalue weighted by Gasteiger charge is -2.20. The molecule has 0 spiro atoms. The molecule has 0 aromatic heterocycles. The highest BCUT2D eigenvalue weighted by Gasteiger charge is 2.33. The molecule has 0 heterocycles. The van der Waals surface area contributed by atoms with Crippen LogP contribution in [-0.4, -0.2) is 16.7 Å². The van der Waals surface area contributed by atoms with Gasteiger partial charge in [-0.1, -0.05) is 47.6 Å². The molecule has 0 unspecified atom stereocenters. The summed E-state index contributed by atoms with van der Waals surface area (Å²) in [7, 11) is 0. The van der Waals surface area contributed by atoms with E-state index < -0.39 is 0 Å². The third kappa shape index (κ3) is 2.64. The maximum absolute atomic E-state index is 13.0. The topological polar surface area (TPSA) is 54.4 Å². The molecule has 0 aliphatic heterocycles. The second kappa shape index (κ2) is 6.06. The molecule has 0 amide bonds. The smallest absolute Gasteiger partial charge is 0.196 e. The minimum Gasteiger partial charge on any atom is -0.508 e. The first-order chi connectivity index (χ1) is 12.1. The Morgan fingerprint density at radius 1 is 0.760 bits per heavy atom. The molecule has 0 saturated carbocycles. The van der Waals surface area contributed by atoms with Crippen LogP contribution in [0.25, 0.3) is 0 Å². The van der Waals surface area contributed by atoms with Crippen molar-refractivity contribution in [3.05, 3.63) is 87.9 Å². The van der Waals surface area contributed by atoms with Crippen molar-refractivity contribution in [2.75, 3.05) is 0 Å². The number of fused-ring (bicyclic) bond motifs is 2. The number of hydrogen-bond donors (Lipinski definition) is 1. The SMILES string of the molecule is O=C1c2cccc(Sc3ccc(O)cc3)c2C(=O)c2cccc(Cl)c21. The Morgan fingerprint density at radius 3 is 2.08 bits per heavy atom. The minimum absolute atomic E-state index is 0.175. The summed E-state index contributed by atoms with van der Waals surface area (Å²) in [5.41, 5.74) is 1.38. The molecule has 0 bridgehead atoms. The van der Waals surface area contributed by atoms with Crippen molar-refractivity contribution >= 4 is 34.9 Å². The normalized spacial score (nSPS) is 12.7. The van der Waals surface area contributed by atoms with Crippen molar-refractivity contribution in [3.8, 4) is 5.75 Å². The van der Waals surface area contributed by atoms with Gasteiger partial charge in [0.05, 0.1) is 10.6 Å². The summed E-state index contributed by atoms with van der Waals surface area (Å²) < 4.78 is 0. The van der Waals surface area contributed by atoms with Crippen LogP contribution in [0.15, 0.2) is 70.5 Å². The number of halogens is 1. The molecular weight excluding hydrogens is 356 g/mol. The highest BCUT2D eigenvalue weighted by Crippen LogP contribution is 2.39. The number of carbonyl (C=O) groups is 2. The van der Waals surface area contributed by atoms with E-state index in [1.165, 1.54) is 11.8 Å². The van der Waals surface area contributed by atoms with Crippen LogP contribution < -0.4 is 0 Å². The Hall–Kier alpha value is -2.56. The maximum atomic E-state index is 13.0. The van der Waals surface area contributed by atoms with Crippen LogP contribution in [0.5, 0.6) is 5.75 Å².